The number of fused-ring (bicyclic) bond motifs is 1. The molecule has 0 atom stereocenters. The number of hydrogen-bond donors (Lipinski definition) is 1. The summed E-state index contributed by atoms with van der Waals surface area (Å²) in [5, 5.41) is 1.23. The van der Waals surface area contributed by atoms with Gasteiger partial charge in [0.05, 0.1) is 5.52 Å². The Bertz CT molecular complexity index is 530. The summed E-state index contributed by atoms with van der Waals surface area (Å²) in [6, 6.07) is 6.59. The molecule has 2 nitrogen and oxygen atoms in total. The first-order chi connectivity index (χ1) is 7.61. The van der Waals surface area contributed by atoms with E-state index in [4.69, 9.17) is 5.73 Å². The third-order valence-electron chi connectivity index (χ3n) is 2.96. The van der Waals surface area contributed by atoms with Gasteiger partial charge in [0, 0.05) is 11.1 Å². The zero-order valence-electron chi connectivity index (χ0n) is 10.2. The standard InChI is InChI=1S/C14H18N2/c1-9-6-10(2)14-13(7-9)8-12(4-5-15)11(3)16-14/h6-8H,4-5,15H2,1-3H3. The van der Waals surface area contributed by atoms with E-state index in [-0.39, 0.29) is 0 Å². The molecule has 2 rings (SSSR count). The van der Waals surface area contributed by atoms with Gasteiger partial charge in [-0.3, -0.25) is 4.98 Å². The van der Waals surface area contributed by atoms with Gasteiger partial charge in [-0.2, -0.15) is 0 Å². The van der Waals surface area contributed by atoms with Crippen molar-refractivity contribution in [2.75, 3.05) is 6.54 Å². The average molecular weight is 214 g/mol. The second kappa shape index (κ2) is 4.22. The van der Waals surface area contributed by atoms with Crippen LogP contribution >= 0.6 is 0 Å². The molecular formula is C14H18N2. The van der Waals surface area contributed by atoms with E-state index >= 15 is 0 Å². The molecule has 0 fully saturated rings. The Hall–Kier alpha value is -1.41. The minimum Gasteiger partial charge on any atom is -0.330 e. The monoisotopic (exact) mass is 214 g/mol. The van der Waals surface area contributed by atoms with E-state index in [2.05, 4.69) is 44.0 Å². The van der Waals surface area contributed by atoms with Crippen LogP contribution in [0.4, 0.5) is 0 Å². The number of aryl methyl sites for hydroxylation is 3. The molecule has 1 aromatic carbocycles. The van der Waals surface area contributed by atoms with Crippen molar-refractivity contribution < 1.29 is 0 Å². The SMILES string of the molecule is Cc1cc(C)c2nc(C)c(CCN)cc2c1. The molecule has 0 aliphatic carbocycles. The highest BCUT2D eigenvalue weighted by Gasteiger charge is 2.05. The van der Waals surface area contributed by atoms with Crippen LogP contribution in [-0.4, -0.2) is 11.5 Å². The number of pyridine rings is 1. The number of aromatic nitrogens is 1. The Morgan fingerprint density at radius 2 is 1.88 bits per heavy atom. The summed E-state index contributed by atoms with van der Waals surface area (Å²) in [5.74, 6) is 0. The van der Waals surface area contributed by atoms with Crippen LogP contribution in [0.3, 0.4) is 0 Å². The van der Waals surface area contributed by atoms with Gasteiger partial charge in [-0.25, -0.2) is 0 Å². The van der Waals surface area contributed by atoms with E-state index in [0.29, 0.717) is 6.54 Å². The van der Waals surface area contributed by atoms with E-state index in [9.17, 15) is 0 Å². The molecule has 0 unspecified atom stereocenters. The van der Waals surface area contributed by atoms with Crippen LogP contribution in [0.15, 0.2) is 18.2 Å². The van der Waals surface area contributed by atoms with Gasteiger partial charge in [0.1, 0.15) is 0 Å². The lowest BCUT2D eigenvalue weighted by Gasteiger charge is -2.09. The minimum atomic E-state index is 0.679. The van der Waals surface area contributed by atoms with Gasteiger partial charge in [0.15, 0.2) is 0 Å². The quantitative estimate of drug-likeness (QED) is 0.834. The van der Waals surface area contributed by atoms with Crippen LogP contribution in [0.5, 0.6) is 0 Å². The van der Waals surface area contributed by atoms with Crippen LogP contribution in [0, 0.1) is 20.8 Å². The maximum absolute atomic E-state index is 5.61. The minimum absolute atomic E-state index is 0.679. The van der Waals surface area contributed by atoms with Crippen molar-refractivity contribution in [3.8, 4) is 0 Å². The number of rotatable bonds is 2. The van der Waals surface area contributed by atoms with Crippen LogP contribution in [0.25, 0.3) is 10.9 Å². The summed E-state index contributed by atoms with van der Waals surface area (Å²) in [6.07, 6.45) is 0.905. The molecular weight excluding hydrogens is 196 g/mol. The third-order valence-corrected chi connectivity index (χ3v) is 2.96. The molecule has 0 aliphatic rings. The van der Waals surface area contributed by atoms with Crippen LogP contribution in [0.1, 0.15) is 22.4 Å². The van der Waals surface area contributed by atoms with Crippen molar-refractivity contribution in [2.24, 2.45) is 5.73 Å². The maximum Gasteiger partial charge on any atom is 0.0734 e. The topological polar surface area (TPSA) is 38.9 Å². The zero-order chi connectivity index (χ0) is 11.7. The molecule has 2 N–H and O–H groups in total. The molecule has 0 radical (unpaired) electrons. The van der Waals surface area contributed by atoms with Crippen molar-refractivity contribution in [3.63, 3.8) is 0 Å². The largest absolute Gasteiger partial charge is 0.330 e. The molecule has 2 aromatic rings. The Morgan fingerprint density at radius 3 is 2.56 bits per heavy atom. The molecule has 0 spiro atoms. The van der Waals surface area contributed by atoms with Crippen LogP contribution < -0.4 is 5.73 Å². The Labute approximate surface area is 96.5 Å². The van der Waals surface area contributed by atoms with Gasteiger partial charge in [-0.05, 0) is 57.0 Å². The van der Waals surface area contributed by atoms with Crippen molar-refractivity contribution in [1.29, 1.82) is 0 Å². The lowest BCUT2D eigenvalue weighted by molar-refractivity contribution is 0.946. The Kier molecular flexibility index (Phi) is 2.92. The van der Waals surface area contributed by atoms with E-state index in [1.54, 1.807) is 0 Å². The van der Waals surface area contributed by atoms with Gasteiger partial charge < -0.3 is 5.73 Å². The van der Waals surface area contributed by atoms with Crippen molar-refractivity contribution >= 4 is 10.9 Å². The zero-order valence-corrected chi connectivity index (χ0v) is 10.2. The highest BCUT2D eigenvalue weighted by atomic mass is 14.7. The lowest BCUT2D eigenvalue weighted by Crippen LogP contribution is -2.05. The van der Waals surface area contributed by atoms with Crippen molar-refractivity contribution in [1.82, 2.24) is 4.98 Å². The maximum atomic E-state index is 5.61. The summed E-state index contributed by atoms with van der Waals surface area (Å²) in [7, 11) is 0. The van der Waals surface area contributed by atoms with Crippen molar-refractivity contribution in [2.45, 2.75) is 27.2 Å². The smallest absolute Gasteiger partial charge is 0.0734 e. The normalized spacial score (nSPS) is 11.0. The van der Waals surface area contributed by atoms with Gasteiger partial charge in [-0.15, -0.1) is 0 Å². The Morgan fingerprint density at radius 1 is 1.12 bits per heavy atom. The summed E-state index contributed by atoms with van der Waals surface area (Å²) >= 11 is 0. The molecule has 0 amide bonds. The summed E-state index contributed by atoms with van der Waals surface area (Å²) in [6.45, 7) is 6.97. The molecule has 0 saturated carbocycles. The fourth-order valence-electron chi connectivity index (χ4n) is 2.20. The molecule has 16 heavy (non-hydrogen) atoms. The van der Waals surface area contributed by atoms with Gasteiger partial charge in [0.25, 0.3) is 0 Å². The number of nitrogens with zero attached hydrogens (tertiary/aromatic N) is 1. The lowest BCUT2D eigenvalue weighted by atomic mass is 10.0. The van der Waals surface area contributed by atoms with Gasteiger partial charge >= 0.3 is 0 Å². The third kappa shape index (κ3) is 1.93. The highest BCUT2D eigenvalue weighted by Crippen LogP contribution is 2.21. The highest BCUT2D eigenvalue weighted by molar-refractivity contribution is 5.83. The van der Waals surface area contributed by atoms with Gasteiger partial charge in [0.2, 0.25) is 0 Å². The molecule has 0 bridgehead atoms. The number of nitrogens with two attached hydrogens (primary N) is 1. The first kappa shape index (κ1) is 11.1. The summed E-state index contributed by atoms with van der Waals surface area (Å²) in [4.78, 5) is 4.68. The molecule has 0 saturated heterocycles. The van der Waals surface area contributed by atoms with E-state index in [0.717, 1.165) is 17.6 Å². The summed E-state index contributed by atoms with van der Waals surface area (Å²) < 4.78 is 0. The average Bonchev–Trinajstić information content (AvgIpc) is 2.21. The number of benzene rings is 1. The summed E-state index contributed by atoms with van der Waals surface area (Å²) in [5.41, 5.74) is 11.6. The second-order valence-corrected chi connectivity index (χ2v) is 4.43. The number of hydrogen-bond acceptors (Lipinski definition) is 2. The van der Waals surface area contributed by atoms with E-state index in [1.807, 2.05) is 0 Å². The molecule has 0 aliphatic heterocycles. The van der Waals surface area contributed by atoms with E-state index in [1.165, 1.54) is 22.1 Å². The fourth-order valence-corrected chi connectivity index (χ4v) is 2.20. The second-order valence-electron chi connectivity index (χ2n) is 4.43. The van der Waals surface area contributed by atoms with Crippen molar-refractivity contribution in [3.05, 3.63) is 40.6 Å². The van der Waals surface area contributed by atoms with E-state index < -0.39 is 0 Å². The Balaban J connectivity index is 2.69. The first-order valence-electron chi connectivity index (χ1n) is 5.69. The predicted molar refractivity (Wildman–Crippen MR) is 68.7 cm³/mol. The molecule has 1 heterocycles. The van der Waals surface area contributed by atoms with Crippen LogP contribution in [-0.2, 0) is 6.42 Å². The van der Waals surface area contributed by atoms with Crippen LogP contribution in [0.2, 0.25) is 0 Å². The predicted octanol–water partition coefficient (Wildman–Crippen LogP) is 2.66. The molecule has 2 heteroatoms. The first-order valence-corrected chi connectivity index (χ1v) is 5.69. The molecule has 84 valence electrons. The fraction of sp³-hybridized carbons (Fsp3) is 0.357. The molecule has 1 aromatic heterocycles. The van der Waals surface area contributed by atoms with Gasteiger partial charge in [-0.1, -0.05) is 11.6 Å².